The molecule has 2 aromatic carbocycles. The molecule has 2 aromatic heterocycles. The second-order valence-electron chi connectivity index (χ2n) is 6.15. The highest BCUT2D eigenvalue weighted by atomic mass is 32.1. The number of para-hydroxylation sites is 1. The summed E-state index contributed by atoms with van der Waals surface area (Å²) < 4.78 is 12.7. The monoisotopic (exact) mass is 389 g/mol. The van der Waals surface area contributed by atoms with Crippen molar-refractivity contribution in [2.45, 2.75) is 0 Å². The Morgan fingerprint density at radius 3 is 2.50 bits per heavy atom. The Kier molecular flexibility index (Phi) is 4.95. The zero-order chi connectivity index (χ0) is 19.5. The van der Waals surface area contributed by atoms with E-state index < -0.39 is 0 Å². The van der Waals surface area contributed by atoms with Gasteiger partial charge in [0.2, 0.25) is 0 Å². The maximum Gasteiger partial charge on any atom is 0.183 e. The quantitative estimate of drug-likeness (QED) is 0.500. The molecule has 0 amide bonds. The number of nitrogens with zero attached hydrogens (tertiary/aromatic N) is 2. The standard InChI is InChI=1S/C22H19N3O2S/c1-26-19-11-10-15(13-20(19)27-2)18-14-25(21-17(18)9-6-12-23-21)22(28)24-16-7-4-3-5-8-16/h3-14H,1-2H3,(H,24,28). The van der Waals surface area contributed by atoms with Crippen LogP contribution in [0.1, 0.15) is 0 Å². The number of pyridine rings is 1. The predicted molar refractivity (Wildman–Crippen MR) is 116 cm³/mol. The molecule has 4 aromatic rings. The zero-order valence-electron chi connectivity index (χ0n) is 15.5. The van der Waals surface area contributed by atoms with Gasteiger partial charge in [-0.2, -0.15) is 0 Å². The van der Waals surface area contributed by atoms with E-state index in [4.69, 9.17) is 21.7 Å². The van der Waals surface area contributed by atoms with Gasteiger partial charge < -0.3 is 14.8 Å². The van der Waals surface area contributed by atoms with E-state index in [1.165, 1.54) is 0 Å². The number of ether oxygens (including phenoxy) is 2. The molecule has 0 fully saturated rings. The van der Waals surface area contributed by atoms with Crippen LogP contribution < -0.4 is 14.8 Å². The first-order valence-corrected chi connectivity index (χ1v) is 9.17. The number of hydrogen-bond acceptors (Lipinski definition) is 4. The molecular formula is C22H19N3O2S. The Morgan fingerprint density at radius 2 is 1.75 bits per heavy atom. The molecule has 0 bridgehead atoms. The number of fused-ring (bicyclic) bond motifs is 1. The molecule has 1 N–H and O–H groups in total. The van der Waals surface area contributed by atoms with Gasteiger partial charge in [0.25, 0.3) is 0 Å². The minimum absolute atomic E-state index is 0.557. The van der Waals surface area contributed by atoms with Crippen molar-refractivity contribution in [3.8, 4) is 22.6 Å². The molecule has 0 saturated heterocycles. The summed E-state index contributed by atoms with van der Waals surface area (Å²) in [5, 5.41) is 4.83. The van der Waals surface area contributed by atoms with E-state index in [1.54, 1.807) is 20.4 Å². The zero-order valence-corrected chi connectivity index (χ0v) is 16.4. The van der Waals surface area contributed by atoms with Crippen LogP contribution >= 0.6 is 12.2 Å². The topological polar surface area (TPSA) is 48.3 Å². The molecule has 6 heteroatoms. The van der Waals surface area contributed by atoms with Crippen molar-refractivity contribution in [1.29, 1.82) is 0 Å². The highest BCUT2D eigenvalue weighted by Gasteiger charge is 2.15. The largest absolute Gasteiger partial charge is 0.493 e. The fourth-order valence-corrected chi connectivity index (χ4v) is 3.41. The first-order chi connectivity index (χ1) is 13.7. The number of nitrogens with one attached hydrogen (secondary N) is 1. The molecule has 0 unspecified atom stereocenters. The third-order valence-corrected chi connectivity index (χ3v) is 4.80. The van der Waals surface area contributed by atoms with Crippen LogP contribution in [0.5, 0.6) is 11.5 Å². The van der Waals surface area contributed by atoms with Crippen molar-refractivity contribution in [2.24, 2.45) is 0 Å². The number of anilines is 1. The van der Waals surface area contributed by atoms with Crippen LogP contribution in [0.2, 0.25) is 0 Å². The smallest absolute Gasteiger partial charge is 0.183 e. The van der Waals surface area contributed by atoms with Gasteiger partial charge in [-0.15, -0.1) is 0 Å². The molecule has 5 nitrogen and oxygen atoms in total. The van der Waals surface area contributed by atoms with Gasteiger partial charge in [0.05, 0.1) is 14.2 Å². The summed E-state index contributed by atoms with van der Waals surface area (Å²) in [4.78, 5) is 4.55. The highest BCUT2D eigenvalue weighted by molar-refractivity contribution is 7.80. The normalized spacial score (nSPS) is 10.6. The SMILES string of the molecule is COc1ccc(-c2cn(C(=S)Nc3ccccc3)c3ncccc23)cc1OC. The van der Waals surface area contributed by atoms with E-state index in [1.807, 2.05) is 71.4 Å². The van der Waals surface area contributed by atoms with Crippen molar-refractivity contribution in [1.82, 2.24) is 9.55 Å². The molecule has 4 rings (SSSR count). The van der Waals surface area contributed by atoms with Gasteiger partial charge in [-0.05, 0) is 54.2 Å². The van der Waals surface area contributed by atoms with Gasteiger partial charge in [-0.25, -0.2) is 4.98 Å². The van der Waals surface area contributed by atoms with E-state index in [0.29, 0.717) is 16.6 Å². The van der Waals surface area contributed by atoms with Gasteiger partial charge >= 0.3 is 0 Å². The summed E-state index contributed by atoms with van der Waals surface area (Å²) in [6.07, 6.45) is 3.76. The van der Waals surface area contributed by atoms with Crippen molar-refractivity contribution in [3.05, 3.63) is 73.1 Å². The molecule has 0 saturated carbocycles. The second kappa shape index (κ2) is 7.70. The van der Waals surface area contributed by atoms with Gasteiger partial charge in [0.1, 0.15) is 5.65 Å². The number of thiocarbonyl (C=S) groups is 1. The average Bonchev–Trinajstić information content (AvgIpc) is 3.14. The maximum atomic E-state index is 5.65. The Bertz CT molecular complexity index is 1140. The summed E-state index contributed by atoms with van der Waals surface area (Å²) >= 11 is 5.65. The Hall–Kier alpha value is -3.38. The van der Waals surface area contributed by atoms with E-state index >= 15 is 0 Å². The number of benzene rings is 2. The van der Waals surface area contributed by atoms with Crippen LogP contribution in [-0.2, 0) is 0 Å². The van der Waals surface area contributed by atoms with E-state index in [0.717, 1.165) is 27.8 Å². The van der Waals surface area contributed by atoms with E-state index in [9.17, 15) is 0 Å². The maximum absolute atomic E-state index is 5.65. The molecule has 0 aliphatic rings. The van der Waals surface area contributed by atoms with E-state index in [-0.39, 0.29) is 0 Å². The predicted octanol–water partition coefficient (Wildman–Crippen LogP) is 4.97. The van der Waals surface area contributed by atoms with Gasteiger partial charge in [-0.3, -0.25) is 4.57 Å². The lowest BCUT2D eigenvalue weighted by Gasteiger charge is -2.10. The van der Waals surface area contributed by atoms with Crippen LogP contribution in [0.15, 0.2) is 73.1 Å². The van der Waals surface area contributed by atoms with E-state index in [2.05, 4.69) is 10.3 Å². The first-order valence-electron chi connectivity index (χ1n) is 8.76. The second-order valence-corrected chi connectivity index (χ2v) is 6.54. The Balaban J connectivity index is 1.80. The van der Waals surface area contributed by atoms with Crippen LogP contribution in [0.3, 0.4) is 0 Å². The summed E-state index contributed by atoms with van der Waals surface area (Å²) in [7, 11) is 3.26. The van der Waals surface area contributed by atoms with Crippen LogP contribution in [0, 0.1) is 0 Å². The van der Waals surface area contributed by atoms with Gasteiger partial charge in [0.15, 0.2) is 16.6 Å². The lowest BCUT2D eigenvalue weighted by atomic mass is 10.1. The summed E-state index contributed by atoms with van der Waals surface area (Å²) in [5.74, 6) is 1.36. The van der Waals surface area contributed by atoms with Crippen molar-refractivity contribution in [2.75, 3.05) is 19.5 Å². The minimum atomic E-state index is 0.557. The fraction of sp³-hybridized carbons (Fsp3) is 0.0909. The van der Waals surface area contributed by atoms with Gasteiger partial charge in [-0.1, -0.05) is 24.3 Å². The number of rotatable bonds is 4. The first kappa shape index (κ1) is 18.0. The average molecular weight is 389 g/mol. The van der Waals surface area contributed by atoms with Crippen LogP contribution in [0.4, 0.5) is 5.69 Å². The van der Waals surface area contributed by atoms with Crippen molar-refractivity contribution < 1.29 is 9.47 Å². The van der Waals surface area contributed by atoms with Gasteiger partial charge in [0, 0.05) is 29.0 Å². The molecule has 0 atom stereocenters. The fourth-order valence-electron chi connectivity index (χ4n) is 3.15. The highest BCUT2D eigenvalue weighted by Crippen LogP contribution is 2.36. The minimum Gasteiger partial charge on any atom is -0.493 e. The molecule has 2 heterocycles. The van der Waals surface area contributed by atoms with Crippen LogP contribution in [-0.4, -0.2) is 28.9 Å². The third kappa shape index (κ3) is 3.30. The lowest BCUT2D eigenvalue weighted by Crippen LogP contribution is -2.18. The number of methoxy groups -OCH3 is 2. The lowest BCUT2D eigenvalue weighted by molar-refractivity contribution is 0.355. The molecule has 0 spiro atoms. The van der Waals surface area contributed by atoms with Crippen molar-refractivity contribution >= 4 is 34.1 Å². The number of hydrogen-bond donors (Lipinski definition) is 1. The Labute approximate surface area is 168 Å². The molecule has 0 aliphatic heterocycles. The molecule has 28 heavy (non-hydrogen) atoms. The summed E-state index contributed by atoms with van der Waals surface area (Å²) in [6, 6.07) is 19.7. The Morgan fingerprint density at radius 1 is 0.964 bits per heavy atom. The number of aromatic nitrogens is 2. The summed E-state index contributed by atoms with van der Waals surface area (Å²) in [6.45, 7) is 0. The third-order valence-electron chi connectivity index (χ3n) is 4.50. The molecular weight excluding hydrogens is 370 g/mol. The molecule has 140 valence electrons. The summed E-state index contributed by atoms with van der Waals surface area (Å²) in [5.41, 5.74) is 3.73. The van der Waals surface area contributed by atoms with Crippen LogP contribution in [0.25, 0.3) is 22.2 Å². The molecule has 0 aliphatic carbocycles. The van der Waals surface area contributed by atoms with Crippen molar-refractivity contribution in [3.63, 3.8) is 0 Å². The molecule has 0 radical (unpaired) electrons.